The van der Waals surface area contributed by atoms with E-state index < -0.39 is 0 Å². The van der Waals surface area contributed by atoms with Crippen molar-refractivity contribution in [1.29, 1.82) is 0 Å². The summed E-state index contributed by atoms with van der Waals surface area (Å²) in [4.78, 5) is 18.1. The molecule has 1 aliphatic heterocycles. The molecule has 0 aliphatic carbocycles. The molecule has 2 aromatic carbocycles. The average molecular weight is 499 g/mol. The first-order valence-corrected chi connectivity index (χ1v) is 12.3. The molecular weight excluding hydrogens is 471 g/mol. The summed E-state index contributed by atoms with van der Waals surface area (Å²) in [6, 6.07) is 14.9. The third kappa shape index (κ3) is 4.14. The summed E-state index contributed by atoms with van der Waals surface area (Å²) in [5, 5.41) is 12.9. The van der Waals surface area contributed by atoms with Crippen LogP contribution in [0.15, 0.2) is 61.1 Å². The summed E-state index contributed by atoms with van der Waals surface area (Å²) in [5.41, 5.74) is 11.5. The van der Waals surface area contributed by atoms with Gasteiger partial charge < -0.3 is 16.0 Å². The standard InChI is InChI=1S/C27H27FN8O/c1-30-27(37)34-10-8-17(9-11-34)24-13-21(25-26(29)31-16-32-36(24)25)18-6-7-20-15-35(33-23(20)12-18)14-19-4-2-3-5-22(19)28/h2-7,12-13,15-17H,8-11,14H2,1H3,(H,30,37)(H2,29,31,32). The van der Waals surface area contributed by atoms with Gasteiger partial charge in [-0.1, -0.05) is 30.3 Å². The maximum Gasteiger partial charge on any atom is 0.317 e. The number of benzene rings is 2. The van der Waals surface area contributed by atoms with E-state index in [1.165, 1.54) is 12.4 Å². The number of hydrogen-bond acceptors (Lipinski definition) is 5. The van der Waals surface area contributed by atoms with Crippen LogP contribution in [0.25, 0.3) is 27.5 Å². The lowest BCUT2D eigenvalue weighted by atomic mass is 9.93. The van der Waals surface area contributed by atoms with Crippen LogP contribution in [0, 0.1) is 5.82 Å². The number of nitrogens with two attached hydrogens (primary N) is 1. The van der Waals surface area contributed by atoms with Crippen molar-refractivity contribution in [1.82, 2.24) is 34.6 Å². The van der Waals surface area contributed by atoms with E-state index in [9.17, 15) is 9.18 Å². The highest BCUT2D eigenvalue weighted by molar-refractivity contribution is 5.92. The van der Waals surface area contributed by atoms with Gasteiger partial charge in [0.25, 0.3) is 0 Å². The van der Waals surface area contributed by atoms with Crippen molar-refractivity contribution in [3.8, 4) is 11.1 Å². The molecule has 188 valence electrons. The number of anilines is 1. The minimum Gasteiger partial charge on any atom is -0.382 e. The molecule has 0 unspecified atom stereocenters. The van der Waals surface area contributed by atoms with Gasteiger partial charge in [0.1, 0.15) is 17.7 Å². The summed E-state index contributed by atoms with van der Waals surface area (Å²) in [6.45, 7) is 1.71. The zero-order valence-corrected chi connectivity index (χ0v) is 20.4. The first-order valence-electron chi connectivity index (χ1n) is 12.3. The van der Waals surface area contributed by atoms with Gasteiger partial charge >= 0.3 is 6.03 Å². The van der Waals surface area contributed by atoms with Gasteiger partial charge in [0.05, 0.1) is 12.1 Å². The molecule has 1 aliphatic rings. The van der Waals surface area contributed by atoms with Crippen LogP contribution in [0.3, 0.4) is 0 Å². The number of nitrogens with zero attached hydrogens (tertiary/aromatic N) is 6. The molecule has 3 N–H and O–H groups in total. The van der Waals surface area contributed by atoms with E-state index in [1.807, 2.05) is 39.9 Å². The predicted molar refractivity (Wildman–Crippen MR) is 140 cm³/mol. The fraction of sp³-hybridized carbons (Fsp3) is 0.259. The molecule has 9 nitrogen and oxygen atoms in total. The number of amides is 2. The normalized spacial score (nSPS) is 14.5. The van der Waals surface area contributed by atoms with Gasteiger partial charge in [0, 0.05) is 54.5 Å². The Morgan fingerprint density at radius 2 is 1.97 bits per heavy atom. The quantitative estimate of drug-likeness (QED) is 0.389. The molecule has 2 amide bonds. The molecular formula is C27H27FN8O. The molecule has 10 heteroatoms. The molecule has 0 atom stereocenters. The van der Waals surface area contributed by atoms with E-state index in [0.29, 0.717) is 31.0 Å². The molecule has 5 aromatic rings. The van der Waals surface area contributed by atoms with Crippen LogP contribution in [0.5, 0.6) is 0 Å². The molecule has 1 saturated heterocycles. The molecule has 1 fully saturated rings. The Balaban J connectivity index is 1.36. The summed E-state index contributed by atoms with van der Waals surface area (Å²) in [6.07, 6.45) is 5.07. The first kappa shape index (κ1) is 23.0. The second-order valence-corrected chi connectivity index (χ2v) is 9.40. The van der Waals surface area contributed by atoms with Crippen LogP contribution in [0.1, 0.15) is 30.0 Å². The Morgan fingerprint density at radius 1 is 1.16 bits per heavy atom. The van der Waals surface area contributed by atoms with Crippen molar-refractivity contribution in [2.75, 3.05) is 25.9 Å². The second kappa shape index (κ2) is 9.20. The van der Waals surface area contributed by atoms with Gasteiger partial charge in [-0.2, -0.15) is 10.2 Å². The number of halogens is 1. The van der Waals surface area contributed by atoms with Crippen molar-refractivity contribution in [3.63, 3.8) is 0 Å². The summed E-state index contributed by atoms with van der Waals surface area (Å²) < 4.78 is 17.8. The topological polar surface area (TPSA) is 106 Å². The third-order valence-electron chi connectivity index (χ3n) is 7.18. The smallest absolute Gasteiger partial charge is 0.317 e. The fourth-order valence-corrected chi connectivity index (χ4v) is 5.26. The van der Waals surface area contributed by atoms with E-state index >= 15 is 0 Å². The highest BCUT2D eigenvalue weighted by atomic mass is 19.1. The molecule has 4 heterocycles. The van der Waals surface area contributed by atoms with Gasteiger partial charge in [-0.05, 0) is 36.6 Å². The van der Waals surface area contributed by atoms with Gasteiger partial charge in [-0.15, -0.1) is 0 Å². The Hall–Kier alpha value is -4.47. The number of fused-ring (bicyclic) bond motifs is 2. The number of rotatable bonds is 4. The monoisotopic (exact) mass is 498 g/mol. The lowest BCUT2D eigenvalue weighted by molar-refractivity contribution is 0.183. The third-order valence-corrected chi connectivity index (χ3v) is 7.18. The number of nitrogen functional groups attached to an aromatic ring is 1. The van der Waals surface area contributed by atoms with Crippen molar-refractivity contribution >= 4 is 28.3 Å². The zero-order chi connectivity index (χ0) is 25.5. The van der Waals surface area contributed by atoms with Crippen LogP contribution in [0.2, 0.25) is 0 Å². The van der Waals surface area contributed by atoms with Crippen LogP contribution >= 0.6 is 0 Å². The maximum atomic E-state index is 14.1. The largest absolute Gasteiger partial charge is 0.382 e. The first-order chi connectivity index (χ1) is 18.0. The number of carbonyl (C=O) groups excluding carboxylic acids is 1. The van der Waals surface area contributed by atoms with Crippen molar-refractivity contribution in [2.24, 2.45) is 0 Å². The number of carbonyl (C=O) groups is 1. The summed E-state index contributed by atoms with van der Waals surface area (Å²) in [5.74, 6) is 0.400. The predicted octanol–water partition coefficient (Wildman–Crippen LogP) is 4.03. The highest BCUT2D eigenvalue weighted by Crippen LogP contribution is 2.37. The zero-order valence-electron chi connectivity index (χ0n) is 20.4. The van der Waals surface area contributed by atoms with E-state index in [2.05, 4.69) is 21.5 Å². The molecule has 0 saturated carbocycles. The van der Waals surface area contributed by atoms with Gasteiger partial charge in [-0.3, -0.25) is 4.68 Å². The van der Waals surface area contributed by atoms with Gasteiger partial charge in [-0.25, -0.2) is 18.7 Å². The number of piperidine rings is 1. The van der Waals surface area contributed by atoms with Crippen LogP contribution < -0.4 is 11.1 Å². The van der Waals surface area contributed by atoms with Gasteiger partial charge in [0.15, 0.2) is 5.82 Å². The van der Waals surface area contributed by atoms with E-state index in [0.717, 1.165) is 46.1 Å². The van der Waals surface area contributed by atoms with Crippen molar-refractivity contribution in [2.45, 2.75) is 25.3 Å². The molecule has 0 radical (unpaired) electrons. The Bertz CT molecular complexity index is 1620. The molecule has 6 rings (SSSR count). The number of aromatic nitrogens is 5. The minimum absolute atomic E-state index is 0.0477. The fourth-order valence-electron chi connectivity index (χ4n) is 5.26. The van der Waals surface area contributed by atoms with E-state index in [-0.39, 0.29) is 17.8 Å². The van der Waals surface area contributed by atoms with Crippen LogP contribution in [-0.4, -0.2) is 55.4 Å². The minimum atomic E-state index is -0.243. The lowest BCUT2D eigenvalue weighted by Crippen LogP contribution is -2.42. The average Bonchev–Trinajstić information content (AvgIpc) is 3.51. The summed E-state index contributed by atoms with van der Waals surface area (Å²) in [7, 11) is 1.65. The lowest BCUT2D eigenvalue weighted by Gasteiger charge is -2.31. The van der Waals surface area contributed by atoms with Gasteiger partial charge in [0.2, 0.25) is 0 Å². The summed E-state index contributed by atoms with van der Waals surface area (Å²) >= 11 is 0. The Kier molecular flexibility index (Phi) is 5.71. The number of likely N-dealkylation sites (tertiary alicyclic amines) is 1. The molecule has 0 bridgehead atoms. The van der Waals surface area contributed by atoms with Crippen LogP contribution in [0.4, 0.5) is 15.0 Å². The Morgan fingerprint density at radius 3 is 2.76 bits per heavy atom. The van der Waals surface area contributed by atoms with E-state index in [4.69, 9.17) is 10.8 Å². The maximum absolute atomic E-state index is 14.1. The number of hydrogen-bond donors (Lipinski definition) is 2. The van der Waals surface area contributed by atoms with Crippen LogP contribution in [-0.2, 0) is 6.54 Å². The Labute approximate surface area is 212 Å². The highest BCUT2D eigenvalue weighted by Gasteiger charge is 2.27. The number of urea groups is 1. The molecule has 0 spiro atoms. The van der Waals surface area contributed by atoms with Crippen molar-refractivity contribution < 1.29 is 9.18 Å². The van der Waals surface area contributed by atoms with Crippen molar-refractivity contribution in [3.05, 3.63) is 78.1 Å². The number of nitrogens with one attached hydrogen (secondary N) is 1. The SMILES string of the molecule is CNC(=O)N1CCC(c2cc(-c3ccc4cn(Cc5ccccc5F)nc4c3)c3c(N)ncnn23)CC1. The molecule has 3 aromatic heterocycles. The van der Waals surface area contributed by atoms with E-state index in [1.54, 1.807) is 23.9 Å². The second-order valence-electron chi connectivity index (χ2n) is 9.40. The molecule has 37 heavy (non-hydrogen) atoms.